The summed E-state index contributed by atoms with van der Waals surface area (Å²) >= 11 is 0. The van der Waals surface area contributed by atoms with Crippen molar-refractivity contribution in [2.24, 2.45) is 0 Å². The summed E-state index contributed by atoms with van der Waals surface area (Å²) < 4.78 is 5.07. The minimum Gasteiger partial charge on any atom is -0.360 e. The molecule has 2 rings (SSSR count). The lowest BCUT2D eigenvalue weighted by molar-refractivity contribution is 0.369. The molecule has 0 saturated carbocycles. The number of nitrogens with one attached hydrogen (secondary N) is 2. The Labute approximate surface area is 87.9 Å². The Balaban J connectivity index is 1.83. The number of H-pyrrole nitrogens is 1. The van der Waals surface area contributed by atoms with Crippen molar-refractivity contribution in [2.45, 2.75) is 26.9 Å². The Morgan fingerprint density at radius 1 is 1.40 bits per heavy atom. The van der Waals surface area contributed by atoms with Crippen LogP contribution in [0.4, 0.5) is 0 Å². The molecule has 2 heterocycles. The molecule has 0 aromatic carbocycles. The van der Waals surface area contributed by atoms with Gasteiger partial charge in [0.05, 0.1) is 24.3 Å². The highest BCUT2D eigenvalue weighted by Gasteiger charge is 2.02. The van der Waals surface area contributed by atoms with Gasteiger partial charge in [0, 0.05) is 18.3 Å². The number of aryl methyl sites for hydroxylation is 2. The van der Waals surface area contributed by atoms with Crippen LogP contribution >= 0.6 is 0 Å². The predicted molar refractivity (Wildman–Crippen MR) is 55.1 cm³/mol. The van der Waals surface area contributed by atoms with E-state index in [4.69, 9.17) is 4.52 Å². The summed E-state index contributed by atoms with van der Waals surface area (Å²) in [5.74, 6) is 0.848. The van der Waals surface area contributed by atoms with Crippen LogP contribution in [0.3, 0.4) is 0 Å². The number of aromatic nitrogens is 3. The van der Waals surface area contributed by atoms with Gasteiger partial charge in [-0.2, -0.15) is 0 Å². The van der Waals surface area contributed by atoms with Gasteiger partial charge in [-0.3, -0.25) is 0 Å². The molecule has 0 spiro atoms. The van der Waals surface area contributed by atoms with Gasteiger partial charge < -0.3 is 14.8 Å². The van der Waals surface area contributed by atoms with E-state index in [0.717, 1.165) is 29.4 Å². The van der Waals surface area contributed by atoms with Gasteiger partial charge in [-0.1, -0.05) is 5.16 Å². The van der Waals surface area contributed by atoms with Crippen LogP contribution in [-0.4, -0.2) is 15.1 Å². The van der Waals surface area contributed by atoms with Crippen LogP contribution in [0, 0.1) is 13.8 Å². The number of aromatic amines is 1. The smallest absolute Gasteiger partial charge is 0.150 e. The molecule has 0 aliphatic heterocycles. The standard InChI is InChI=1S/C10H14N4O/c1-7-3-9(15-14-7)4-11-5-10-8(2)12-6-13-10/h3,6,11H,4-5H2,1-2H3,(H,12,13). The molecule has 2 aromatic heterocycles. The highest BCUT2D eigenvalue weighted by Crippen LogP contribution is 2.03. The Kier molecular flexibility index (Phi) is 2.82. The third-order valence-electron chi connectivity index (χ3n) is 2.20. The van der Waals surface area contributed by atoms with Crippen LogP contribution in [0.2, 0.25) is 0 Å². The van der Waals surface area contributed by atoms with Crippen LogP contribution in [0.1, 0.15) is 22.8 Å². The zero-order chi connectivity index (χ0) is 10.7. The van der Waals surface area contributed by atoms with E-state index in [1.807, 2.05) is 19.9 Å². The Hall–Kier alpha value is -1.62. The lowest BCUT2D eigenvalue weighted by Gasteiger charge is -1.99. The van der Waals surface area contributed by atoms with Crippen molar-refractivity contribution in [1.29, 1.82) is 0 Å². The van der Waals surface area contributed by atoms with Gasteiger partial charge in [-0.25, -0.2) is 4.98 Å². The third kappa shape index (κ3) is 2.44. The first kappa shape index (κ1) is 9.92. The fraction of sp³-hybridized carbons (Fsp3) is 0.400. The summed E-state index contributed by atoms with van der Waals surface area (Å²) in [4.78, 5) is 7.22. The summed E-state index contributed by atoms with van der Waals surface area (Å²) in [7, 11) is 0. The van der Waals surface area contributed by atoms with Gasteiger partial charge >= 0.3 is 0 Å². The average molecular weight is 206 g/mol. The summed E-state index contributed by atoms with van der Waals surface area (Å²) in [5, 5.41) is 7.06. The second-order valence-corrected chi connectivity index (χ2v) is 3.51. The highest BCUT2D eigenvalue weighted by molar-refractivity contribution is 5.08. The predicted octanol–water partition coefficient (Wildman–Crippen LogP) is 1.30. The SMILES string of the molecule is Cc1cc(CNCc2nc[nH]c2C)on1. The van der Waals surface area contributed by atoms with Crippen LogP contribution in [0.15, 0.2) is 16.9 Å². The van der Waals surface area contributed by atoms with Gasteiger partial charge in [-0.15, -0.1) is 0 Å². The summed E-state index contributed by atoms with van der Waals surface area (Å²) in [6.45, 7) is 5.32. The first-order valence-corrected chi connectivity index (χ1v) is 4.87. The maximum Gasteiger partial charge on any atom is 0.150 e. The number of imidazole rings is 1. The van der Waals surface area contributed by atoms with Crippen molar-refractivity contribution in [3.63, 3.8) is 0 Å². The minimum atomic E-state index is 0.674. The zero-order valence-electron chi connectivity index (χ0n) is 8.87. The van der Waals surface area contributed by atoms with E-state index in [2.05, 4.69) is 20.4 Å². The molecular weight excluding hydrogens is 192 g/mol. The van der Waals surface area contributed by atoms with Crippen LogP contribution in [0.5, 0.6) is 0 Å². The zero-order valence-corrected chi connectivity index (χ0v) is 8.87. The van der Waals surface area contributed by atoms with Gasteiger partial charge in [0.2, 0.25) is 0 Å². The van der Waals surface area contributed by atoms with E-state index >= 15 is 0 Å². The highest BCUT2D eigenvalue weighted by atomic mass is 16.5. The molecule has 0 unspecified atom stereocenters. The number of hydrogen-bond acceptors (Lipinski definition) is 4. The summed E-state index contributed by atoms with van der Waals surface area (Å²) in [6, 6.07) is 1.92. The Morgan fingerprint density at radius 2 is 2.27 bits per heavy atom. The Bertz CT molecular complexity index is 432. The number of rotatable bonds is 4. The second-order valence-electron chi connectivity index (χ2n) is 3.51. The van der Waals surface area contributed by atoms with Crippen LogP contribution in [0.25, 0.3) is 0 Å². The van der Waals surface area contributed by atoms with E-state index in [1.165, 1.54) is 0 Å². The van der Waals surface area contributed by atoms with Crippen LogP contribution < -0.4 is 5.32 Å². The molecule has 0 aliphatic carbocycles. The normalized spacial score (nSPS) is 10.8. The van der Waals surface area contributed by atoms with E-state index < -0.39 is 0 Å². The molecule has 0 amide bonds. The average Bonchev–Trinajstić information content (AvgIpc) is 2.77. The lowest BCUT2D eigenvalue weighted by Crippen LogP contribution is -2.13. The number of nitrogens with zero attached hydrogens (tertiary/aromatic N) is 2. The van der Waals surface area contributed by atoms with Crippen molar-refractivity contribution >= 4 is 0 Å². The summed E-state index contributed by atoms with van der Waals surface area (Å²) in [6.07, 6.45) is 1.70. The van der Waals surface area contributed by atoms with E-state index in [1.54, 1.807) is 6.33 Å². The second kappa shape index (κ2) is 4.27. The monoisotopic (exact) mass is 206 g/mol. The number of hydrogen-bond donors (Lipinski definition) is 2. The first-order chi connectivity index (χ1) is 7.25. The molecule has 0 bridgehead atoms. The van der Waals surface area contributed by atoms with E-state index in [9.17, 15) is 0 Å². The molecule has 5 heteroatoms. The maximum absolute atomic E-state index is 5.07. The van der Waals surface area contributed by atoms with Crippen molar-refractivity contribution in [3.8, 4) is 0 Å². The fourth-order valence-corrected chi connectivity index (χ4v) is 1.37. The Morgan fingerprint density at radius 3 is 2.87 bits per heavy atom. The molecular formula is C10H14N4O. The largest absolute Gasteiger partial charge is 0.360 e. The molecule has 0 aliphatic rings. The van der Waals surface area contributed by atoms with Gasteiger partial charge in [0.15, 0.2) is 5.76 Å². The van der Waals surface area contributed by atoms with Crippen molar-refractivity contribution in [1.82, 2.24) is 20.4 Å². The van der Waals surface area contributed by atoms with E-state index in [-0.39, 0.29) is 0 Å². The molecule has 5 nitrogen and oxygen atoms in total. The van der Waals surface area contributed by atoms with Crippen LogP contribution in [-0.2, 0) is 13.1 Å². The topological polar surface area (TPSA) is 66.7 Å². The molecule has 0 atom stereocenters. The molecule has 0 saturated heterocycles. The molecule has 80 valence electrons. The molecule has 2 N–H and O–H groups in total. The maximum atomic E-state index is 5.07. The summed E-state index contributed by atoms with van der Waals surface area (Å²) in [5.41, 5.74) is 3.03. The van der Waals surface area contributed by atoms with Gasteiger partial charge in [0.25, 0.3) is 0 Å². The van der Waals surface area contributed by atoms with Gasteiger partial charge in [0.1, 0.15) is 0 Å². The third-order valence-corrected chi connectivity index (χ3v) is 2.20. The van der Waals surface area contributed by atoms with Crippen molar-refractivity contribution in [2.75, 3.05) is 0 Å². The quantitative estimate of drug-likeness (QED) is 0.791. The minimum absolute atomic E-state index is 0.674. The van der Waals surface area contributed by atoms with E-state index in [0.29, 0.717) is 6.54 Å². The van der Waals surface area contributed by atoms with Crippen molar-refractivity contribution in [3.05, 3.63) is 35.2 Å². The molecule has 15 heavy (non-hydrogen) atoms. The van der Waals surface area contributed by atoms with Crippen molar-refractivity contribution < 1.29 is 4.52 Å². The fourth-order valence-electron chi connectivity index (χ4n) is 1.37. The molecule has 0 fully saturated rings. The molecule has 2 aromatic rings. The molecule has 0 radical (unpaired) electrons. The first-order valence-electron chi connectivity index (χ1n) is 4.87. The lowest BCUT2D eigenvalue weighted by atomic mass is 10.3. The van der Waals surface area contributed by atoms with Gasteiger partial charge in [-0.05, 0) is 13.8 Å².